The molecule has 0 saturated carbocycles. The first kappa shape index (κ1) is 7.78. The van der Waals surface area contributed by atoms with Crippen molar-refractivity contribution < 1.29 is 13.6 Å². The molecule has 3 nitrogen and oxygen atoms in total. The number of rotatable bonds is 3. The maximum atomic E-state index is 10.2. The maximum absolute atomic E-state index is 10.2. The molecule has 0 spiro atoms. The molecule has 48 valence electrons. The molecule has 1 atom stereocenters. The van der Waals surface area contributed by atoms with E-state index in [0.717, 1.165) is 0 Å². The van der Waals surface area contributed by atoms with Crippen LogP contribution < -0.4 is 0 Å². The molecular weight excluding hydrogens is 128 g/mol. The number of hydrogen-bond donors (Lipinski definition) is 0. The third-order valence-electron chi connectivity index (χ3n) is 0.673. The van der Waals surface area contributed by atoms with Crippen LogP contribution in [-0.4, -0.2) is 20.3 Å². The van der Waals surface area contributed by atoms with Crippen molar-refractivity contribution in [2.24, 2.45) is 0 Å². The normalized spacial score (nSPS) is 13.2. The predicted octanol–water partition coefficient (Wildman–Crippen LogP) is -0.155. The van der Waals surface area contributed by atoms with Crippen LogP contribution in [-0.2, 0) is 15.9 Å². The zero-order valence-electron chi connectivity index (χ0n) is 4.55. The first-order valence-corrected chi connectivity index (χ1v) is 3.48. The molecule has 0 aliphatic heterocycles. The molecule has 0 heterocycles. The lowest BCUT2D eigenvalue weighted by Crippen LogP contribution is -2.07. The summed E-state index contributed by atoms with van der Waals surface area (Å²) in [6.45, 7) is 1.63. The average Bonchev–Trinajstić information content (AvgIpc) is 1.65. The van der Waals surface area contributed by atoms with E-state index in [4.69, 9.17) is 0 Å². The predicted molar refractivity (Wildman–Crippen MR) is 29.1 cm³/mol. The summed E-state index contributed by atoms with van der Waals surface area (Å²) in [6.07, 6.45) is 0.300. The molecule has 0 bridgehead atoms. The van der Waals surface area contributed by atoms with Gasteiger partial charge in [-0.1, -0.05) is 6.92 Å². The van der Waals surface area contributed by atoms with E-state index in [0.29, 0.717) is 6.42 Å². The van der Waals surface area contributed by atoms with Gasteiger partial charge < -0.3 is 4.55 Å². The van der Waals surface area contributed by atoms with Crippen LogP contribution in [0.1, 0.15) is 13.3 Å². The summed E-state index contributed by atoms with van der Waals surface area (Å²) in [7, 11) is 0. The molecule has 0 fully saturated rings. The van der Waals surface area contributed by atoms with E-state index in [1.54, 1.807) is 6.92 Å². The molecule has 0 rings (SSSR count). The Labute approximate surface area is 50.4 Å². The second kappa shape index (κ2) is 3.74. The van der Waals surface area contributed by atoms with Crippen molar-refractivity contribution in [1.82, 2.24) is 0 Å². The van der Waals surface area contributed by atoms with Gasteiger partial charge in [0, 0.05) is 6.42 Å². The Morgan fingerprint density at radius 3 is 2.38 bits per heavy atom. The van der Waals surface area contributed by atoms with Gasteiger partial charge in [-0.15, -0.1) is 0 Å². The van der Waals surface area contributed by atoms with Crippen LogP contribution in [0.15, 0.2) is 0 Å². The van der Waals surface area contributed by atoms with E-state index >= 15 is 0 Å². The van der Waals surface area contributed by atoms with Gasteiger partial charge in [0.15, 0.2) is 0 Å². The molecule has 0 amide bonds. The Morgan fingerprint density at radius 1 is 1.75 bits per heavy atom. The van der Waals surface area contributed by atoms with Crippen LogP contribution in [0.25, 0.3) is 0 Å². The zero-order chi connectivity index (χ0) is 6.57. The monoisotopic (exact) mass is 135 g/mol. The lowest BCUT2D eigenvalue weighted by molar-refractivity contribution is -0.116. The highest BCUT2D eigenvalue weighted by molar-refractivity contribution is 7.79. The Hall–Kier alpha value is -0.220. The molecule has 4 heteroatoms. The zero-order valence-corrected chi connectivity index (χ0v) is 5.36. The lowest BCUT2D eigenvalue weighted by Gasteiger charge is -1.99. The summed E-state index contributed by atoms with van der Waals surface area (Å²) in [5.41, 5.74) is 0. The molecule has 0 aliphatic carbocycles. The van der Waals surface area contributed by atoms with Crippen LogP contribution in [0.5, 0.6) is 0 Å². The SMILES string of the molecule is CCC(=O)CS(=O)[O-]. The molecule has 8 heavy (non-hydrogen) atoms. The van der Waals surface area contributed by atoms with Crippen LogP contribution >= 0.6 is 0 Å². The van der Waals surface area contributed by atoms with E-state index in [9.17, 15) is 13.6 Å². The van der Waals surface area contributed by atoms with E-state index in [2.05, 4.69) is 0 Å². The Morgan fingerprint density at radius 2 is 2.25 bits per heavy atom. The molecule has 1 unspecified atom stereocenters. The standard InChI is InChI=1S/C4H8O3S/c1-2-4(5)3-8(6)7/h2-3H2,1H3,(H,6,7)/p-1. The number of ketones is 1. The number of carbonyl (C=O) groups excluding carboxylic acids is 1. The molecule has 0 aromatic rings. The Balaban J connectivity index is 3.40. The summed E-state index contributed by atoms with van der Waals surface area (Å²) in [4.78, 5) is 10.2. The fraction of sp³-hybridized carbons (Fsp3) is 0.750. The largest absolute Gasteiger partial charge is 0.772 e. The molecule has 0 aliphatic rings. The summed E-state index contributed by atoms with van der Waals surface area (Å²) in [5, 5.41) is 0. The highest BCUT2D eigenvalue weighted by Gasteiger charge is 1.94. The number of Topliss-reactive ketones (excluding diaryl/α,β-unsaturated/α-hetero) is 1. The summed E-state index contributed by atoms with van der Waals surface area (Å²) < 4.78 is 19.5. The first-order valence-electron chi connectivity index (χ1n) is 2.24. The fourth-order valence-electron chi connectivity index (χ4n) is 0.234. The maximum Gasteiger partial charge on any atom is 0.143 e. The average molecular weight is 135 g/mol. The van der Waals surface area contributed by atoms with Crippen molar-refractivity contribution in [1.29, 1.82) is 0 Å². The van der Waals surface area contributed by atoms with Crippen molar-refractivity contribution in [3.63, 3.8) is 0 Å². The third kappa shape index (κ3) is 3.95. The molecule has 0 saturated heterocycles. The van der Waals surface area contributed by atoms with Crippen molar-refractivity contribution in [3.8, 4) is 0 Å². The van der Waals surface area contributed by atoms with Gasteiger partial charge in [0.25, 0.3) is 0 Å². The van der Waals surface area contributed by atoms with Crippen LogP contribution in [0.3, 0.4) is 0 Å². The third-order valence-corrected chi connectivity index (χ3v) is 1.23. The first-order chi connectivity index (χ1) is 3.66. The van der Waals surface area contributed by atoms with Gasteiger partial charge in [-0.2, -0.15) is 0 Å². The summed E-state index contributed by atoms with van der Waals surface area (Å²) >= 11 is -2.20. The highest BCUT2D eigenvalue weighted by Crippen LogP contribution is 1.81. The van der Waals surface area contributed by atoms with Crippen molar-refractivity contribution in [2.45, 2.75) is 13.3 Å². The molecular formula is C4H7O3S-. The Bertz CT molecular complexity index is 110. The fourth-order valence-corrected chi connectivity index (χ4v) is 0.701. The second-order valence-electron chi connectivity index (χ2n) is 1.34. The van der Waals surface area contributed by atoms with Crippen molar-refractivity contribution in [3.05, 3.63) is 0 Å². The minimum Gasteiger partial charge on any atom is -0.772 e. The highest BCUT2D eigenvalue weighted by atomic mass is 32.2. The van der Waals surface area contributed by atoms with E-state index in [1.165, 1.54) is 0 Å². The molecule has 0 aromatic heterocycles. The van der Waals surface area contributed by atoms with Crippen molar-refractivity contribution in [2.75, 3.05) is 5.75 Å². The molecule has 0 aromatic carbocycles. The van der Waals surface area contributed by atoms with Crippen LogP contribution in [0.2, 0.25) is 0 Å². The van der Waals surface area contributed by atoms with E-state index < -0.39 is 11.1 Å². The lowest BCUT2D eigenvalue weighted by atomic mass is 10.4. The summed E-state index contributed by atoms with van der Waals surface area (Å²) in [6, 6.07) is 0. The minimum atomic E-state index is -2.20. The molecule has 0 N–H and O–H groups in total. The van der Waals surface area contributed by atoms with Crippen molar-refractivity contribution >= 4 is 16.9 Å². The second-order valence-corrected chi connectivity index (χ2v) is 2.24. The van der Waals surface area contributed by atoms with Gasteiger partial charge in [-0.25, -0.2) is 0 Å². The molecule has 0 radical (unpaired) electrons. The van der Waals surface area contributed by atoms with Gasteiger partial charge in [-0.05, 0) is 11.1 Å². The van der Waals surface area contributed by atoms with Crippen LogP contribution in [0, 0.1) is 0 Å². The Kier molecular flexibility index (Phi) is 3.64. The van der Waals surface area contributed by atoms with E-state index in [1.807, 2.05) is 0 Å². The summed E-state index contributed by atoms with van der Waals surface area (Å²) in [5.74, 6) is -0.574. The van der Waals surface area contributed by atoms with Gasteiger partial charge in [0.1, 0.15) is 5.78 Å². The van der Waals surface area contributed by atoms with Gasteiger partial charge >= 0.3 is 0 Å². The van der Waals surface area contributed by atoms with Gasteiger partial charge in [0.05, 0.1) is 5.75 Å². The topological polar surface area (TPSA) is 57.2 Å². The quantitative estimate of drug-likeness (QED) is 0.505. The van der Waals surface area contributed by atoms with Gasteiger partial charge in [-0.3, -0.25) is 9.00 Å². The van der Waals surface area contributed by atoms with Gasteiger partial charge in [0.2, 0.25) is 0 Å². The van der Waals surface area contributed by atoms with Crippen LogP contribution in [0.4, 0.5) is 0 Å². The number of carbonyl (C=O) groups is 1. The van der Waals surface area contributed by atoms with E-state index in [-0.39, 0.29) is 11.5 Å². The minimum absolute atomic E-state index is 0.238. The smallest absolute Gasteiger partial charge is 0.143 e. The number of hydrogen-bond acceptors (Lipinski definition) is 3.